The van der Waals surface area contributed by atoms with Crippen LogP contribution in [-0.4, -0.2) is 91.2 Å². The smallest absolute Gasteiger partial charge is 0.271 e. The second-order valence-corrected chi connectivity index (χ2v) is 9.78. The van der Waals surface area contributed by atoms with E-state index in [1.54, 1.807) is 10.5 Å². The Morgan fingerprint density at radius 2 is 2.00 bits per heavy atom. The van der Waals surface area contributed by atoms with E-state index in [-0.39, 0.29) is 11.9 Å². The number of aryl methyl sites for hydroxylation is 1. The molecule has 10 heteroatoms. The Hall–Kier alpha value is -1.62. The maximum Gasteiger partial charge on any atom is 0.271 e. The lowest BCUT2D eigenvalue weighted by Gasteiger charge is -2.43. The quantitative estimate of drug-likeness (QED) is 0.675. The third kappa shape index (κ3) is 6.18. The van der Waals surface area contributed by atoms with E-state index >= 15 is 0 Å². The van der Waals surface area contributed by atoms with Gasteiger partial charge in [-0.15, -0.1) is 0 Å². The molecule has 3 heterocycles. The van der Waals surface area contributed by atoms with Crippen LogP contribution in [0.2, 0.25) is 0 Å². The summed E-state index contributed by atoms with van der Waals surface area (Å²) in [5.74, 6) is -0.245. The van der Waals surface area contributed by atoms with Crippen LogP contribution in [0.15, 0.2) is 12.4 Å². The van der Waals surface area contributed by atoms with Gasteiger partial charge >= 0.3 is 0 Å². The van der Waals surface area contributed by atoms with E-state index in [1.807, 2.05) is 6.92 Å². The zero-order chi connectivity index (χ0) is 20.9. The SMILES string of the molecule is Cc1cnc(C(=O)NCCN(C2CCOCC2)C2CCCN(S(C)(=O)=O)C2)cn1. The van der Waals surface area contributed by atoms with E-state index in [4.69, 9.17) is 4.74 Å². The molecule has 0 aliphatic carbocycles. The molecular formula is C19H31N5O4S. The summed E-state index contributed by atoms with van der Waals surface area (Å²) in [6, 6.07) is 0.488. The Balaban J connectivity index is 1.62. The second kappa shape index (κ2) is 9.92. The fraction of sp³-hybridized carbons (Fsp3) is 0.737. The number of nitrogens with zero attached hydrogens (tertiary/aromatic N) is 4. The number of piperidine rings is 1. The van der Waals surface area contributed by atoms with Crippen molar-refractivity contribution in [1.82, 2.24) is 24.5 Å². The molecule has 1 amide bonds. The maximum absolute atomic E-state index is 12.3. The summed E-state index contributed by atoms with van der Waals surface area (Å²) in [4.78, 5) is 22.9. The number of carbonyl (C=O) groups is 1. The van der Waals surface area contributed by atoms with E-state index in [9.17, 15) is 13.2 Å². The summed E-state index contributed by atoms with van der Waals surface area (Å²) in [5, 5.41) is 2.92. The molecular weight excluding hydrogens is 394 g/mol. The molecule has 0 saturated carbocycles. The first-order chi connectivity index (χ1) is 13.8. The number of ether oxygens (including phenoxy) is 1. The highest BCUT2D eigenvalue weighted by Gasteiger charge is 2.33. The standard InChI is InChI=1S/C19H31N5O4S/c1-15-12-22-18(13-21-15)19(25)20-7-9-24(16-5-10-28-11-6-16)17-4-3-8-23(14-17)29(2,26)27/h12-13,16-17H,3-11,14H2,1-2H3,(H,20,25). The minimum Gasteiger partial charge on any atom is -0.381 e. The molecule has 2 saturated heterocycles. The third-order valence-electron chi connectivity index (χ3n) is 5.63. The van der Waals surface area contributed by atoms with Gasteiger partial charge in [0.25, 0.3) is 5.91 Å². The lowest BCUT2D eigenvalue weighted by Crippen LogP contribution is -2.55. The fourth-order valence-electron chi connectivity index (χ4n) is 4.07. The van der Waals surface area contributed by atoms with Gasteiger partial charge in [-0.3, -0.25) is 14.7 Å². The Morgan fingerprint density at radius 3 is 2.66 bits per heavy atom. The molecule has 2 aliphatic heterocycles. The van der Waals surface area contributed by atoms with Crippen molar-refractivity contribution < 1.29 is 17.9 Å². The van der Waals surface area contributed by atoms with Gasteiger partial charge in [-0.2, -0.15) is 0 Å². The zero-order valence-electron chi connectivity index (χ0n) is 17.2. The van der Waals surface area contributed by atoms with Crippen LogP contribution >= 0.6 is 0 Å². The molecule has 162 valence electrons. The van der Waals surface area contributed by atoms with Gasteiger partial charge in [-0.25, -0.2) is 17.7 Å². The summed E-state index contributed by atoms with van der Waals surface area (Å²) in [7, 11) is -3.20. The maximum atomic E-state index is 12.3. The molecule has 1 atom stereocenters. The van der Waals surface area contributed by atoms with E-state index < -0.39 is 10.0 Å². The number of amides is 1. The minimum atomic E-state index is -3.20. The first-order valence-corrected chi connectivity index (χ1v) is 12.0. The van der Waals surface area contributed by atoms with Crippen molar-refractivity contribution in [2.45, 2.75) is 44.7 Å². The molecule has 9 nitrogen and oxygen atoms in total. The third-order valence-corrected chi connectivity index (χ3v) is 6.90. The molecule has 0 aromatic carbocycles. The van der Waals surface area contributed by atoms with E-state index in [0.717, 1.165) is 44.6 Å². The van der Waals surface area contributed by atoms with Gasteiger partial charge in [0.15, 0.2) is 0 Å². The van der Waals surface area contributed by atoms with Crippen molar-refractivity contribution in [3.05, 3.63) is 23.8 Å². The topological polar surface area (TPSA) is 105 Å². The normalized spacial score (nSPS) is 22.0. The lowest BCUT2D eigenvalue weighted by molar-refractivity contribution is 0.00672. The van der Waals surface area contributed by atoms with Gasteiger partial charge in [0.2, 0.25) is 10.0 Å². The predicted molar refractivity (Wildman–Crippen MR) is 109 cm³/mol. The fourth-order valence-corrected chi connectivity index (χ4v) is 4.98. The summed E-state index contributed by atoms with van der Waals surface area (Å²) >= 11 is 0. The van der Waals surface area contributed by atoms with Crippen LogP contribution in [0.25, 0.3) is 0 Å². The van der Waals surface area contributed by atoms with Crippen molar-refractivity contribution in [1.29, 1.82) is 0 Å². The van der Waals surface area contributed by atoms with Crippen LogP contribution in [-0.2, 0) is 14.8 Å². The van der Waals surface area contributed by atoms with Crippen molar-refractivity contribution in [2.24, 2.45) is 0 Å². The minimum absolute atomic E-state index is 0.151. The molecule has 1 unspecified atom stereocenters. The summed E-state index contributed by atoms with van der Waals surface area (Å²) in [6.45, 7) is 5.49. The number of hydrogen-bond acceptors (Lipinski definition) is 7. The molecule has 0 radical (unpaired) electrons. The predicted octanol–water partition coefficient (Wildman–Crippen LogP) is 0.420. The van der Waals surface area contributed by atoms with Crippen LogP contribution in [0.4, 0.5) is 0 Å². The van der Waals surface area contributed by atoms with Gasteiger partial charge in [0.1, 0.15) is 5.69 Å². The summed E-state index contributed by atoms with van der Waals surface area (Å²) in [6.07, 6.45) is 7.98. The van der Waals surface area contributed by atoms with Crippen molar-refractivity contribution in [3.8, 4) is 0 Å². The molecule has 3 rings (SSSR count). The number of hydrogen-bond donors (Lipinski definition) is 1. The van der Waals surface area contributed by atoms with Gasteiger partial charge < -0.3 is 10.1 Å². The monoisotopic (exact) mass is 425 g/mol. The van der Waals surface area contributed by atoms with Crippen LogP contribution in [0.5, 0.6) is 0 Å². The van der Waals surface area contributed by atoms with Crippen LogP contribution in [0.3, 0.4) is 0 Å². The highest BCUT2D eigenvalue weighted by atomic mass is 32.2. The highest BCUT2D eigenvalue weighted by molar-refractivity contribution is 7.88. The van der Waals surface area contributed by atoms with Crippen molar-refractivity contribution >= 4 is 15.9 Å². The average Bonchev–Trinajstić information content (AvgIpc) is 2.72. The Kier molecular flexibility index (Phi) is 7.55. The number of sulfonamides is 1. The summed E-state index contributed by atoms with van der Waals surface area (Å²) < 4.78 is 31.1. The van der Waals surface area contributed by atoms with Crippen LogP contribution < -0.4 is 5.32 Å². The lowest BCUT2D eigenvalue weighted by atomic mass is 9.99. The molecule has 0 bridgehead atoms. The molecule has 1 aromatic rings. The number of nitrogens with one attached hydrogen (secondary N) is 1. The molecule has 0 spiro atoms. The molecule has 1 aromatic heterocycles. The Bertz CT molecular complexity index is 780. The van der Waals surface area contributed by atoms with Gasteiger partial charge in [0.05, 0.1) is 18.1 Å². The molecule has 1 N–H and O–H groups in total. The first kappa shape index (κ1) is 22.1. The van der Waals surface area contributed by atoms with Gasteiger partial charge in [-0.05, 0) is 32.6 Å². The number of carbonyl (C=O) groups excluding carboxylic acids is 1. The van der Waals surface area contributed by atoms with E-state index in [2.05, 4.69) is 20.2 Å². The number of rotatable bonds is 7. The van der Waals surface area contributed by atoms with Crippen molar-refractivity contribution in [3.63, 3.8) is 0 Å². The van der Waals surface area contributed by atoms with Gasteiger partial charge in [-0.1, -0.05) is 0 Å². The highest BCUT2D eigenvalue weighted by Crippen LogP contribution is 2.24. The number of aromatic nitrogens is 2. The Morgan fingerprint density at radius 1 is 1.24 bits per heavy atom. The molecule has 2 fully saturated rings. The largest absolute Gasteiger partial charge is 0.381 e. The Labute approximate surface area is 172 Å². The zero-order valence-corrected chi connectivity index (χ0v) is 18.0. The molecule has 29 heavy (non-hydrogen) atoms. The second-order valence-electron chi connectivity index (χ2n) is 7.80. The van der Waals surface area contributed by atoms with E-state index in [0.29, 0.717) is 37.9 Å². The van der Waals surface area contributed by atoms with Crippen LogP contribution in [0, 0.1) is 6.92 Å². The van der Waals surface area contributed by atoms with Crippen molar-refractivity contribution in [2.75, 3.05) is 45.6 Å². The van der Waals surface area contributed by atoms with Crippen LogP contribution in [0.1, 0.15) is 41.9 Å². The van der Waals surface area contributed by atoms with Gasteiger partial charge in [0, 0.05) is 57.7 Å². The summed E-state index contributed by atoms with van der Waals surface area (Å²) in [5.41, 5.74) is 1.06. The first-order valence-electron chi connectivity index (χ1n) is 10.2. The van der Waals surface area contributed by atoms with E-state index in [1.165, 1.54) is 12.5 Å². The average molecular weight is 426 g/mol. The molecule has 2 aliphatic rings.